The Hall–Kier alpha value is -5.86. The first kappa shape index (κ1) is 29.5. The minimum atomic E-state index is 0.947. The first-order valence-electron chi connectivity index (χ1n) is 16.8. The second kappa shape index (κ2) is 12.4. The lowest BCUT2D eigenvalue weighted by molar-refractivity contribution is 1.12. The van der Waals surface area contributed by atoms with Crippen molar-refractivity contribution in [2.75, 3.05) is 4.90 Å². The summed E-state index contributed by atoms with van der Waals surface area (Å²) in [6.07, 6.45) is 0.947. The van der Waals surface area contributed by atoms with E-state index in [1.54, 1.807) is 0 Å². The Morgan fingerprint density at radius 1 is 0.479 bits per heavy atom. The van der Waals surface area contributed by atoms with Crippen LogP contribution in [0.25, 0.3) is 55.2 Å². The molecule has 0 amide bonds. The maximum atomic E-state index is 3.57. The third kappa shape index (κ3) is 5.36. The summed E-state index contributed by atoms with van der Waals surface area (Å²) in [4.78, 5) is 6.00. The smallest absolute Gasteiger partial charge is 0.0499 e. The van der Waals surface area contributed by atoms with E-state index in [9.17, 15) is 0 Å². The molecule has 1 aromatic heterocycles. The summed E-state index contributed by atoms with van der Waals surface area (Å²) in [6.45, 7) is 6.77. The summed E-state index contributed by atoms with van der Waals surface area (Å²) >= 11 is 0. The van der Waals surface area contributed by atoms with E-state index in [1.165, 1.54) is 77.6 Å². The van der Waals surface area contributed by atoms with Gasteiger partial charge in [-0.2, -0.15) is 0 Å². The van der Waals surface area contributed by atoms with Crippen LogP contribution in [0.3, 0.4) is 0 Å². The van der Waals surface area contributed by atoms with Crippen molar-refractivity contribution in [3.63, 3.8) is 0 Å². The van der Waals surface area contributed by atoms with Gasteiger partial charge in [0.15, 0.2) is 0 Å². The van der Waals surface area contributed by atoms with E-state index in [4.69, 9.17) is 0 Å². The van der Waals surface area contributed by atoms with Gasteiger partial charge >= 0.3 is 0 Å². The molecule has 48 heavy (non-hydrogen) atoms. The first-order valence-corrected chi connectivity index (χ1v) is 16.8. The molecule has 1 N–H and O–H groups in total. The van der Waals surface area contributed by atoms with Crippen LogP contribution in [0.15, 0.2) is 158 Å². The second-order valence-corrected chi connectivity index (χ2v) is 12.7. The number of aryl methyl sites for hydroxylation is 2. The van der Waals surface area contributed by atoms with Gasteiger partial charge in [-0.05, 0) is 125 Å². The fraction of sp³-hybridized carbons (Fsp3) is 0.0870. The van der Waals surface area contributed by atoms with Crippen molar-refractivity contribution in [2.24, 2.45) is 0 Å². The van der Waals surface area contributed by atoms with Gasteiger partial charge in [0.05, 0.1) is 0 Å². The maximum absolute atomic E-state index is 3.57. The molecule has 0 radical (unpaired) electrons. The van der Waals surface area contributed by atoms with Crippen LogP contribution in [0.1, 0.15) is 23.6 Å². The Labute approximate surface area is 283 Å². The van der Waals surface area contributed by atoms with Gasteiger partial charge in [0.2, 0.25) is 0 Å². The molecule has 0 aliphatic heterocycles. The summed E-state index contributed by atoms with van der Waals surface area (Å²) < 4.78 is 0. The van der Waals surface area contributed by atoms with E-state index in [0.29, 0.717) is 0 Å². The fourth-order valence-electron chi connectivity index (χ4n) is 7.05. The van der Waals surface area contributed by atoms with Crippen molar-refractivity contribution in [1.82, 2.24) is 4.98 Å². The van der Waals surface area contributed by atoms with E-state index in [2.05, 4.69) is 188 Å². The summed E-state index contributed by atoms with van der Waals surface area (Å²) in [6, 6.07) is 57.4. The third-order valence-corrected chi connectivity index (χ3v) is 9.68. The zero-order chi connectivity index (χ0) is 32.6. The summed E-state index contributed by atoms with van der Waals surface area (Å²) in [5.74, 6) is 0. The van der Waals surface area contributed by atoms with E-state index >= 15 is 0 Å². The van der Waals surface area contributed by atoms with E-state index in [0.717, 1.165) is 17.8 Å². The lowest BCUT2D eigenvalue weighted by Gasteiger charge is -2.29. The van der Waals surface area contributed by atoms with Gasteiger partial charge in [0.1, 0.15) is 0 Å². The largest absolute Gasteiger partial charge is 0.355 e. The van der Waals surface area contributed by atoms with Gasteiger partial charge < -0.3 is 9.88 Å². The van der Waals surface area contributed by atoms with Crippen LogP contribution in [0.4, 0.5) is 17.1 Å². The molecule has 232 valence electrons. The topological polar surface area (TPSA) is 19.0 Å². The molecule has 0 aliphatic carbocycles. The number of para-hydroxylation sites is 2. The number of nitrogens with zero attached hydrogens (tertiary/aromatic N) is 1. The minimum Gasteiger partial charge on any atom is -0.355 e. The second-order valence-electron chi connectivity index (χ2n) is 12.7. The highest BCUT2D eigenvalue weighted by atomic mass is 15.1. The number of hydrogen-bond acceptors (Lipinski definition) is 1. The van der Waals surface area contributed by atoms with Crippen LogP contribution in [0, 0.1) is 13.8 Å². The standard InChI is InChI=1S/C46H38N2/c1-4-33-26-42(41-29-36(23-22-31(41)2)37-24-25-45-43(30-37)40-20-11-12-21-44(40)47-45)32(3)46(27-33)48(38-17-9-6-10-18-38)39-19-13-16-35(28-39)34-14-7-5-8-15-34/h5-30,47H,4H2,1-3H3. The molecular weight excluding hydrogens is 581 g/mol. The highest BCUT2D eigenvalue weighted by Gasteiger charge is 2.20. The maximum Gasteiger partial charge on any atom is 0.0499 e. The fourth-order valence-corrected chi connectivity index (χ4v) is 7.05. The van der Waals surface area contributed by atoms with Crippen LogP contribution in [0.2, 0.25) is 0 Å². The average Bonchev–Trinajstić information content (AvgIpc) is 3.52. The highest BCUT2D eigenvalue weighted by Crippen LogP contribution is 2.43. The van der Waals surface area contributed by atoms with Crippen molar-refractivity contribution in [3.05, 3.63) is 174 Å². The van der Waals surface area contributed by atoms with Crippen LogP contribution in [0.5, 0.6) is 0 Å². The van der Waals surface area contributed by atoms with Crippen molar-refractivity contribution < 1.29 is 0 Å². The number of nitrogens with one attached hydrogen (secondary N) is 1. The average molecular weight is 619 g/mol. The summed E-state index contributed by atoms with van der Waals surface area (Å²) in [5, 5.41) is 2.52. The quantitative estimate of drug-likeness (QED) is 0.188. The van der Waals surface area contributed by atoms with E-state index in [1.807, 2.05) is 0 Å². The molecule has 0 saturated carbocycles. The molecule has 7 aromatic carbocycles. The number of H-pyrrole nitrogens is 1. The van der Waals surface area contributed by atoms with Gasteiger partial charge in [-0.15, -0.1) is 0 Å². The number of rotatable bonds is 7. The molecule has 1 heterocycles. The zero-order valence-electron chi connectivity index (χ0n) is 27.7. The van der Waals surface area contributed by atoms with Crippen LogP contribution in [-0.2, 0) is 6.42 Å². The van der Waals surface area contributed by atoms with E-state index < -0.39 is 0 Å². The molecule has 8 aromatic rings. The molecule has 0 atom stereocenters. The van der Waals surface area contributed by atoms with Gasteiger partial charge in [-0.3, -0.25) is 0 Å². The Bertz CT molecular complexity index is 2400. The lowest BCUT2D eigenvalue weighted by atomic mass is 9.89. The predicted octanol–water partition coefficient (Wildman–Crippen LogP) is 13.0. The van der Waals surface area contributed by atoms with Crippen LogP contribution >= 0.6 is 0 Å². The SMILES string of the molecule is CCc1cc(-c2cc(-c3ccc4[nH]c5ccccc5c4c3)ccc2C)c(C)c(N(c2ccccc2)c2cccc(-c3ccccc3)c2)c1. The summed E-state index contributed by atoms with van der Waals surface area (Å²) in [5.41, 5.74) is 17.1. The van der Waals surface area contributed by atoms with E-state index in [-0.39, 0.29) is 0 Å². The van der Waals surface area contributed by atoms with Crippen molar-refractivity contribution in [3.8, 4) is 33.4 Å². The van der Waals surface area contributed by atoms with Crippen molar-refractivity contribution >= 4 is 38.9 Å². The van der Waals surface area contributed by atoms with Crippen LogP contribution < -0.4 is 4.90 Å². The molecule has 0 fully saturated rings. The third-order valence-electron chi connectivity index (χ3n) is 9.68. The van der Waals surface area contributed by atoms with Crippen molar-refractivity contribution in [1.29, 1.82) is 0 Å². The minimum absolute atomic E-state index is 0.947. The molecular formula is C46H38N2. The Balaban J connectivity index is 1.29. The van der Waals surface area contributed by atoms with Gasteiger partial charge in [0, 0.05) is 38.9 Å². The number of aromatic nitrogens is 1. The van der Waals surface area contributed by atoms with Crippen molar-refractivity contribution in [2.45, 2.75) is 27.2 Å². The molecule has 2 heteroatoms. The molecule has 8 rings (SSSR count). The molecule has 0 spiro atoms. The zero-order valence-corrected chi connectivity index (χ0v) is 27.7. The Kier molecular flexibility index (Phi) is 7.62. The van der Waals surface area contributed by atoms with Gasteiger partial charge in [0.25, 0.3) is 0 Å². The number of aromatic amines is 1. The first-order chi connectivity index (χ1) is 23.6. The van der Waals surface area contributed by atoms with Crippen LogP contribution in [-0.4, -0.2) is 4.98 Å². The number of hydrogen-bond donors (Lipinski definition) is 1. The highest BCUT2D eigenvalue weighted by molar-refractivity contribution is 6.08. The number of fused-ring (bicyclic) bond motifs is 3. The number of anilines is 3. The molecule has 0 saturated heterocycles. The molecule has 2 nitrogen and oxygen atoms in total. The summed E-state index contributed by atoms with van der Waals surface area (Å²) in [7, 11) is 0. The Morgan fingerprint density at radius 2 is 1.12 bits per heavy atom. The normalized spacial score (nSPS) is 11.3. The Morgan fingerprint density at radius 3 is 1.94 bits per heavy atom. The van der Waals surface area contributed by atoms with Gasteiger partial charge in [-0.1, -0.05) is 110 Å². The monoisotopic (exact) mass is 618 g/mol. The molecule has 0 unspecified atom stereocenters. The molecule has 0 aliphatic rings. The lowest BCUT2D eigenvalue weighted by Crippen LogP contribution is -2.12. The predicted molar refractivity (Wildman–Crippen MR) is 206 cm³/mol. The molecule has 0 bridgehead atoms. The number of benzene rings is 7. The van der Waals surface area contributed by atoms with Gasteiger partial charge in [-0.25, -0.2) is 0 Å².